The minimum atomic E-state index is -0.880. The number of aliphatic hydroxyl groups excluding tert-OH is 1. The molecule has 5 nitrogen and oxygen atoms in total. The van der Waals surface area contributed by atoms with Gasteiger partial charge in [-0.3, -0.25) is 4.79 Å². The van der Waals surface area contributed by atoms with Crippen LogP contribution in [0.4, 0.5) is 0 Å². The number of amides is 1. The van der Waals surface area contributed by atoms with E-state index in [1.165, 1.54) is 5.56 Å². The molecule has 0 unspecified atom stereocenters. The van der Waals surface area contributed by atoms with Crippen LogP contribution in [0.1, 0.15) is 52.9 Å². The van der Waals surface area contributed by atoms with E-state index < -0.39 is 12.1 Å². The molecule has 26 heavy (non-hydrogen) atoms. The topological polar surface area (TPSA) is 75.6 Å². The zero-order chi connectivity index (χ0) is 18.5. The van der Waals surface area contributed by atoms with Crippen molar-refractivity contribution in [3.8, 4) is 0 Å². The normalized spacial score (nSPS) is 17.1. The number of rotatable bonds is 5. The lowest BCUT2D eigenvalue weighted by Gasteiger charge is -2.27. The van der Waals surface area contributed by atoms with Crippen LogP contribution in [0, 0.1) is 0 Å². The number of nitrogens with one attached hydrogen (secondary N) is 1. The van der Waals surface area contributed by atoms with Gasteiger partial charge in [0, 0.05) is 0 Å². The van der Waals surface area contributed by atoms with Crippen LogP contribution in [0.2, 0.25) is 0 Å². The summed E-state index contributed by atoms with van der Waals surface area (Å²) in [6, 6.07) is 14.5. The molecule has 0 aromatic heterocycles. The van der Waals surface area contributed by atoms with E-state index in [1.807, 2.05) is 18.2 Å². The summed E-state index contributed by atoms with van der Waals surface area (Å²) in [6.45, 7) is 1.49. The molecule has 0 bridgehead atoms. The highest BCUT2D eigenvalue weighted by atomic mass is 16.5. The molecule has 1 aliphatic rings. The molecule has 2 N–H and O–H groups in total. The van der Waals surface area contributed by atoms with Crippen molar-refractivity contribution in [1.29, 1.82) is 0 Å². The maximum atomic E-state index is 12.5. The second-order valence-electron chi connectivity index (χ2n) is 6.55. The van der Waals surface area contributed by atoms with Crippen molar-refractivity contribution in [3.63, 3.8) is 0 Å². The molecular weight excluding hydrogens is 330 g/mol. The Balaban J connectivity index is 1.60. The predicted molar refractivity (Wildman–Crippen MR) is 97.5 cm³/mol. The molecule has 1 amide bonds. The Morgan fingerprint density at radius 2 is 1.92 bits per heavy atom. The highest BCUT2D eigenvalue weighted by Crippen LogP contribution is 2.29. The molecule has 0 heterocycles. The molecule has 0 aliphatic heterocycles. The van der Waals surface area contributed by atoms with Gasteiger partial charge in [0.25, 0.3) is 5.91 Å². The molecule has 0 fully saturated rings. The van der Waals surface area contributed by atoms with Crippen LogP contribution in [0.3, 0.4) is 0 Å². The Morgan fingerprint density at radius 3 is 2.65 bits per heavy atom. The van der Waals surface area contributed by atoms with Crippen molar-refractivity contribution in [1.82, 2.24) is 5.32 Å². The van der Waals surface area contributed by atoms with Crippen LogP contribution >= 0.6 is 0 Å². The van der Waals surface area contributed by atoms with Crippen LogP contribution in [-0.4, -0.2) is 23.1 Å². The summed E-state index contributed by atoms with van der Waals surface area (Å²) in [4.78, 5) is 24.7. The maximum Gasteiger partial charge on any atom is 0.338 e. The lowest BCUT2D eigenvalue weighted by Crippen LogP contribution is -2.39. The molecule has 136 valence electrons. The second-order valence-corrected chi connectivity index (χ2v) is 6.55. The Morgan fingerprint density at radius 1 is 1.19 bits per heavy atom. The summed E-state index contributed by atoms with van der Waals surface area (Å²) < 4.78 is 5.29. The number of benzene rings is 2. The zero-order valence-corrected chi connectivity index (χ0v) is 14.8. The van der Waals surface area contributed by atoms with Gasteiger partial charge in [0.05, 0.1) is 18.2 Å². The Hall–Kier alpha value is -2.66. The van der Waals surface area contributed by atoms with Gasteiger partial charge in [0.15, 0.2) is 6.10 Å². The lowest BCUT2D eigenvalue weighted by molar-refractivity contribution is -0.130. The predicted octanol–water partition coefficient (Wildman–Crippen LogP) is 2.92. The number of hydrogen-bond donors (Lipinski definition) is 2. The quantitative estimate of drug-likeness (QED) is 0.811. The second kappa shape index (κ2) is 8.15. The number of hydrogen-bond acceptors (Lipinski definition) is 4. The highest BCUT2D eigenvalue weighted by Gasteiger charge is 2.25. The van der Waals surface area contributed by atoms with E-state index >= 15 is 0 Å². The van der Waals surface area contributed by atoms with E-state index in [0.29, 0.717) is 11.1 Å². The molecule has 0 saturated heterocycles. The van der Waals surface area contributed by atoms with Crippen LogP contribution in [-0.2, 0) is 22.6 Å². The van der Waals surface area contributed by atoms with E-state index in [-0.39, 0.29) is 18.6 Å². The third-order valence-corrected chi connectivity index (χ3v) is 4.71. The van der Waals surface area contributed by atoms with Crippen LogP contribution in [0.5, 0.6) is 0 Å². The molecule has 0 radical (unpaired) electrons. The first-order valence-corrected chi connectivity index (χ1v) is 8.87. The molecule has 1 aliphatic carbocycles. The van der Waals surface area contributed by atoms with Crippen molar-refractivity contribution in [2.45, 2.75) is 44.9 Å². The van der Waals surface area contributed by atoms with E-state index in [2.05, 4.69) is 11.4 Å². The number of aryl methyl sites for hydroxylation is 1. The Labute approximate surface area is 153 Å². The fourth-order valence-electron chi connectivity index (χ4n) is 3.22. The first kappa shape index (κ1) is 18.1. The van der Waals surface area contributed by atoms with Crippen molar-refractivity contribution >= 4 is 11.9 Å². The molecule has 3 rings (SSSR count). The number of aliphatic hydroxyl groups is 1. The van der Waals surface area contributed by atoms with Crippen LogP contribution < -0.4 is 5.32 Å². The molecule has 5 heteroatoms. The van der Waals surface area contributed by atoms with Crippen molar-refractivity contribution in [2.24, 2.45) is 0 Å². The van der Waals surface area contributed by atoms with Gasteiger partial charge in [-0.25, -0.2) is 4.79 Å². The first-order valence-electron chi connectivity index (χ1n) is 8.87. The molecule has 2 atom stereocenters. The minimum absolute atomic E-state index is 0.0440. The summed E-state index contributed by atoms with van der Waals surface area (Å²) in [5.41, 5.74) is 3.47. The van der Waals surface area contributed by atoms with Gasteiger partial charge < -0.3 is 15.2 Å². The van der Waals surface area contributed by atoms with Crippen LogP contribution in [0.25, 0.3) is 0 Å². The van der Waals surface area contributed by atoms with Gasteiger partial charge >= 0.3 is 5.97 Å². The fourth-order valence-corrected chi connectivity index (χ4v) is 3.22. The summed E-state index contributed by atoms with van der Waals surface area (Å²) in [6.07, 6.45) is 2.05. The average Bonchev–Trinajstić information content (AvgIpc) is 2.68. The van der Waals surface area contributed by atoms with Gasteiger partial charge in [0.2, 0.25) is 0 Å². The lowest BCUT2D eigenvalue weighted by atomic mass is 9.87. The first-order chi connectivity index (χ1) is 12.6. The highest BCUT2D eigenvalue weighted by molar-refractivity contribution is 5.92. The Bertz CT molecular complexity index is 785. The third kappa shape index (κ3) is 4.11. The van der Waals surface area contributed by atoms with Crippen molar-refractivity contribution in [2.75, 3.05) is 0 Å². The number of esters is 1. The van der Waals surface area contributed by atoms with Gasteiger partial charge in [-0.05, 0) is 55.0 Å². The zero-order valence-electron chi connectivity index (χ0n) is 14.8. The fraction of sp³-hybridized carbons (Fsp3) is 0.333. The molecular formula is C21H23NO4. The largest absolute Gasteiger partial charge is 0.449 e. The summed E-state index contributed by atoms with van der Waals surface area (Å²) in [7, 11) is 0. The molecule has 2 aromatic carbocycles. The minimum Gasteiger partial charge on any atom is -0.449 e. The number of carbonyl (C=O) groups is 2. The van der Waals surface area contributed by atoms with Gasteiger partial charge in [-0.15, -0.1) is 0 Å². The van der Waals surface area contributed by atoms with E-state index in [4.69, 9.17) is 9.84 Å². The van der Waals surface area contributed by atoms with Gasteiger partial charge in [-0.1, -0.05) is 36.4 Å². The smallest absolute Gasteiger partial charge is 0.338 e. The monoisotopic (exact) mass is 353 g/mol. The van der Waals surface area contributed by atoms with Gasteiger partial charge in [-0.2, -0.15) is 0 Å². The van der Waals surface area contributed by atoms with E-state index in [0.717, 1.165) is 24.8 Å². The summed E-state index contributed by atoms with van der Waals surface area (Å²) in [5.74, 6) is -0.854. The maximum absolute atomic E-state index is 12.5. The SMILES string of the molecule is C[C@@H](OC(=O)c1ccc(CO)cc1)C(=O)N[C@H]1CCCc2ccccc21. The van der Waals surface area contributed by atoms with Gasteiger partial charge in [0.1, 0.15) is 0 Å². The number of carbonyl (C=O) groups excluding carboxylic acids is 2. The molecule has 0 spiro atoms. The number of ether oxygens (including phenoxy) is 1. The van der Waals surface area contributed by atoms with Crippen molar-refractivity contribution < 1.29 is 19.4 Å². The van der Waals surface area contributed by atoms with E-state index in [1.54, 1.807) is 31.2 Å². The summed E-state index contributed by atoms with van der Waals surface area (Å²) >= 11 is 0. The van der Waals surface area contributed by atoms with Crippen LogP contribution in [0.15, 0.2) is 48.5 Å². The average molecular weight is 353 g/mol. The standard InChI is InChI=1S/C21H23NO4/c1-14(26-21(25)17-11-9-15(13-23)10-12-17)20(24)22-19-8-4-6-16-5-2-3-7-18(16)19/h2-3,5,7,9-12,14,19,23H,4,6,8,13H2,1H3,(H,22,24)/t14-,19+/m1/s1. The van der Waals surface area contributed by atoms with Crippen molar-refractivity contribution in [3.05, 3.63) is 70.8 Å². The number of fused-ring (bicyclic) bond motifs is 1. The molecule has 2 aromatic rings. The molecule has 0 saturated carbocycles. The Kier molecular flexibility index (Phi) is 5.68. The third-order valence-electron chi connectivity index (χ3n) is 4.71. The summed E-state index contributed by atoms with van der Waals surface area (Å²) in [5, 5.41) is 12.0. The van der Waals surface area contributed by atoms with E-state index in [9.17, 15) is 9.59 Å².